The van der Waals surface area contributed by atoms with E-state index in [0.717, 1.165) is 12.1 Å². The van der Waals surface area contributed by atoms with Gasteiger partial charge in [-0.3, -0.25) is 4.98 Å². The molecule has 2 heterocycles. The summed E-state index contributed by atoms with van der Waals surface area (Å²) in [7, 11) is 0. The zero-order chi connectivity index (χ0) is 12.3. The molecule has 0 N–H and O–H groups in total. The van der Waals surface area contributed by atoms with Crippen molar-refractivity contribution in [3.63, 3.8) is 0 Å². The van der Waals surface area contributed by atoms with Crippen molar-refractivity contribution in [1.29, 1.82) is 0 Å². The van der Waals surface area contributed by atoms with Crippen LogP contribution in [0.4, 0.5) is 4.79 Å². The van der Waals surface area contributed by atoms with Gasteiger partial charge in [-0.25, -0.2) is 4.79 Å². The van der Waals surface area contributed by atoms with Crippen LogP contribution in [0.5, 0.6) is 0 Å². The van der Waals surface area contributed by atoms with E-state index in [1.165, 1.54) is 0 Å². The maximum atomic E-state index is 11.6. The topological polar surface area (TPSA) is 42.4 Å². The van der Waals surface area contributed by atoms with Crippen molar-refractivity contribution in [1.82, 2.24) is 9.88 Å². The van der Waals surface area contributed by atoms with E-state index in [1.807, 2.05) is 23.1 Å². The molecule has 0 bridgehead atoms. The first-order valence-electron chi connectivity index (χ1n) is 6.02. The van der Waals surface area contributed by atoms with E-state index in [2.05, 4.69) is 18.8 Å². The molecule has 92 valence electrons. The van der Waals surface area contributed by atoms with Crippen molar-refractivity contribution in [3.05, 3.63) is 30.1 Å². The largest absolute Gasteiger partial charge is 0.447 e. The minimum atomic E-state index is -0.195. The average molecular weight is 234 g/mol. The molecule has 1 aliphatic heterocycles. The molecule has 0 radical (unpaired) electrons. The quantitative estimate of drug-likeness (QED) is 0.801. The number of pyridine rings is 1. The van der Waals surface area contributed by atoms with Crippen LogP contribution in [-0.2, 0) is 11.2 Å². The van der Waals surface area contributed by atoms with Gasteiger partial charge in [0.2, 0.25) is 0 Å². The number of hydrogen-bond acceptors (Lipinski definition) is 3. The third kappa shape index (κ3) is 2.75. The molecule has 4 heteroatoms. The van der Waals surface area contributed by atoms with Gasteiger partial charge in [-0.05, 0) is 18.1 Å². The highest BCUT2D eigenvalue weighted by molar-refractivity contribution is 5.70. The van der Waals surface area contributed by atoms with Crippen LogP contribution in [0.25, 0.3) is 0 Å². The monoisotopic (exact) mass is 234 g/mol. The minimum absolute atomic E-state index is 0.195. The molecule has 1 fully saturated rings. The average Bonchev–Trinajstić information content (AvgIpc) is 2.69. The summed E-state index contributed by atoms with van der Waals surface area (Å²) in [6, 6.07) is 6.03. The Balaban J connectivity index is 1.95. The van der Waals surface area contributed by atoms with Gasteiger partial charge in [0.1, 0.15) is 6.61 Å². The van der Waals surface area contributed by atoms with Crippen LogP contribution >= 0.6 is 0 Å². The summed E-state index contributed by atoms with van der Waals surface area (Å²) in [5, 5.41) is 0. The molecule has 0 aliphatic carbocycles. The number of hydrogen-bond donors (Lipinski definition) is 0. The van der Waals surface area contributed by atoms with Gasteiger partial charge >= 0.3 is 6.09 Å². The lowest BCUT2D eigenvalue weighted by Gasteiger charge is -2.23. The van der Waals surface area contributed by atoms with Gasteiger partial charge in [-0.2, -0.15) is 0 Å². The Morgan fingerprint density at radius 3 is 3.00 bits per heavy atom. The summed E-state index contributed by atoms with van der Waals surface area (Å²) in [6.45, 7) is 5.41. The minimum Gasteiger partial charge on any atom is -0.447 e. The zero-order valence-electron chi connectivity index (χ0n) is 10.3. The zero-order valence-corrected chi connectivity index (χ0v) is 10.3. The van der Waals surface area contributed by atoms with Gasteiger partial charge in [-0.1, -0.05) is 19.9 Å². The summed E-state index contributed by atoms with van der Waals surface area (Å²) in [5.41, 5.74) is 1.01. The van der Waals surface area contributed by atoms with E-state index in [0.29, 0.717) is 19.1 Å². The van der Waals surface area contributed by atoms with Gasteiger partial charge in [0, 0.05) is 24.9 Å². The molecule has 1 amide bonds. The Bertz CT molecular complexity index is 378. The van der Waals surface area contributed by atoms with Crippen molar-refractivity contribution in [2.24, 2.45) is 5.92 Å². The summed E-state index contributed by atoms with van der Waals surface area (Å²) < 4.78 is 5.09. The van der Waals surface area contributed by atoms with Gasteiger partial charge < -0.3 is 9.64 Å². The number of cyclic esters (lactones) is 1. The second kappa shape index (κ2) is 5.17. The molecule has 2 rings (SSSR count). The van der Waals surface area contributed by atoms with Crippen LogP contribution in [0, 0.1) is 5.92 Å². The fraction of sp³-hybridized carbons (Fsp3) is 0.538. The number of nitrogens with zero attached hydrogens (tertiary/aromatic N) is 2. The lowest BCUT2D eigenvalue weighted by molar-refractivity contribution is 0.157. The second-order valence-electron chi connectivity index (χ2n) is 4.65. The van der Waals surface area contributed by atoms with Crippen molar-refractivity contribution in [2.75, 3.05) is 13.2 Å². The smallest absolute Gasteiger partial charge is 0.410 e. The van der Waals surface area contributed by atoms with Gasteiger partial charge in [-0.15, -0.1) is 0 Å². The Kier molecular flexibility index (Phi) is 3.61. The lowest BCUT2D eigenvalue weighted by atomic mass is 10.0. The number of carbonyl (C=O) groups is 1. The molecule has 1 atom stereocenters. The van der Waals surface area contributed by atoms with E-state index in [4.69, 9.17) is 4.74 Å². The SMILES string of the molecule is CC(C)[C@H]1COC(=O)N1CCc1ccccn1. The van der Waals surface area contributed by atoms with E-state index >= 15 is 0 Å². The maximum Gasteiger partial charge on any atom is 0.410 e. The first-order chi connectivity index (χ1) is 8.18. The summed E-state index contributed by atoms with van der Waals surface area (Å²) in [5.74, 6) is 0.421. The third-order valence-electron chi connectivity index (χ3n) is 3.12. The number of amides is 1. The first-order valence-corrected chi connectivity index (χ1v) is 6.02. The molecule has 0 aromatic carbocycles. The van der Waals surface area contributed by atoms with Gasteiger partial charge in [0.05, 0.1) is 6.04 Å². The van der Waals surface area contributed by atoms with Crippen LogP contribution < -0.4 is 0 Å². The molecule has 1 aromatic rings. The first kappa shape index (κ1) is 11.9. The number of rotatable bonds is 4. The molecule has 1 aromatic heterocycles. The highest BCUT2D eigenvalue weighted by Crippen LogP contribution is 2.19. The fourth-order valence-electron chi connectivity index (χ4n) is 2.06. The molecule has 17 heavy (non-hydrogen) atoms. The molecular formula is C13H18N2O2. The van der Waals surface area contributed by atoms with Crippen molar-refractivity contribution in [2.45, 2.75) is 26.3 Å². The molecular weight excluding hydrogens is 216 g/mol. The molecule has 4 nitrogen and oxygen atoms in total. The van der Waals surface area contributed by atoms with E-state index < -0.39 is 0 Å². The number of ether oxygens (including phenoxy) is 1. The fourth-order valence-corrected chi connectivity index (χ4v) is 2.06. The van der Waals surface area contributed by atoms with E-state index in [-0.39, 0.29) is 12.1 Å². The van der Waals surface area contributed by atoms with Crippen LogP contribution in [-0.4, -0.2) is 35.2 Å². The van der Waals surface area contributed by atoms with Crippen LogP contribution in [0.2, 0.25) is 0 Å². The molecule has 0 saturated carbocycles. The van der Waals surface area contributed by atoms with Crippen LogP contribution in [0.15, 0.2) is 24.4 Å². The van der Waals surface area contributed by atoms with E-state index in [1.54, 1.807) is 6.20 Å². The Labute approximate surface area is 102 Å². The van der Waals surface area contributed by atoms with Crippen molar-refractivity contribution >= 4 is 6.09 Å². The van der Waals surface area contributed by atoms with Gasteiger partial charge in [0.25, 0.3) is 0 Å². The summed E-state index contributed by atoms with van der Waals surface area (Å²) >= 11 is 0. The van der Waals surface area contributed by atoms with Crippen LogP contribution in [0.3, 0.4) is 0 Å². The number of carbonyl (C=O) groups excluding carboxylic acids is 1. The van der Waals surface area contributed by atoms with Gasteiger partial charge in [0.15, 0.2) is 0 Å². The maximum absolute atomic E-state index is 11.6. The predicted molar refractivity (Wildman–Crippen MR) is 64.6 cm³/mol. The Morgan fingerprint density at radius 1 is 1.53 bits per heavy atom. The normalized spacial score (nSPS) is 19.8. The van der Waals surface area contributed by atoms with E-state index in [9.17, 15) is 4.79 Å². The highest BCUT2D eigenvalue weighted by atomic mass is 16.6. The lowest BCUT2D eigenvalue weighted by Crippen LogP contribution is -2.38. The summed E-state index contributed by atoms with van der Waals surface area (Å²) in [6.07, 6.45) is 2.36. The standard InChI is InChI=1S/C13H18N2O2/c1-10(2)12-9-17-13(16)15(12)8-6-11-5-3-4-7-14-11/h3-5,7,10,12H,6,8-9H2,1-2H3/t12-/m1/s1. The third-order valence-corrected chi connectivity index (χ3v) is 3.12. The number of aromatic nitrogens is 1. The molecule has 1 aliphatic rings. The Hall–Kier alpha value is -1.58. The highest BCUT2D eigenvalue weighted by Gasteiger charge is 2.34. The Morgan fingerprint density at radius 2 is 2.35 bits per heavy atom. The van der Waals surface area contributed by atoms with Crippen molar-refractivity contribution in [3.8, 4) is 0 Å². The molecule has 0 unspecified atom stereocenters. The molecule has 0 spiro atoms. The predicted octanol–water partition coefficient (Wildman–Crippen LogP) is 2.10. The molecule has 1 saturated heterocycles. The van der Waals surface area contributed by atoms with Crippen molar-refractivity contribution < 1.29 is 9.53 Å². The second-order valence-corrected chi connectivity index (χ2v) is 4.65. The summed E-state index contributed by atoms with van der Waals surface area (Å²) in [4.78, 5) is 17.7. The van der Waals surface area contributed by atoms with Crippen LogP contribution in [0.1, 0.15) is 19.5 Å².